The summed E-state index contributed by atoms with van der Waals surface area (Å²) >= 11 is 0. The van der Waals surface area contributed by atoms with Gasteiger partial charge in [-0.15, -0.1) is 0 Å². The van der Waals surface area contributed by atoms with Crippen LogP contribution in [0.3, 0.4) is 0 Å². The molecule has 92 valence electrons. The predicted octanol–water partition coefficient (Wildman–Crippen LogP) is 3.28. The maximum Gasteiger partial charge on any atom is 0.136 e. The lowest BCUT2D eigenvalue weighted by molar-refractivity contribution is 0.669. The second-order valence-electron chi connectivity index (χ2n) is 4.80. The quantitative estimate of drug-likeness (QED) is 0.507. The number of rotatable bonds is 0. The number of nitrogens with one attached hydrogen (secondary N) is 1. The van der Waals surface area contributed by atoms with E-state index in [4.69, 9.17) is 4.42 Å². The van der Waals surface area contributed by atoms with E-state index in [0.29, 0.717) is 0 Å². The predicted molar refractivity (Wildman–Crippen MR) is 80.5 cm³/mol. The van der Waals surface area contributed by atoms with Crippen molar-refractivity contribution in [1.29, 1.82) is 0 Å². The molecule has 0 aliphatic carbocycles. The first-order chi connectivity index (χ1) is 9.28. The number of aromatic amines is 1. The molecule has 0 amide bonds. The third kappa shape index (κ3) is 1.31. The SMILES string of the molecule is C=c1[nH]c2cc3c(cc2/c1=C/C)oc1ccccc13. The van der Waals surface area contributed by atoms with Gasteiger partial charge < -0.3 is 9.40 Å². The summed E-state index contributed by atoms with van der Waals surface area (Å²) in [5, 5.41) is 5.57. The largest absolute Gasteiger partial charge is 0.456 e. The lowest BCUT2D eigenvalue weighted by Gasteiger charge is -1.91. The molecule has 0 aliphatic rings. The van der Waals surface area contributed by atoms with Crippen LogP contribution in [0.1, 0.15) is 6.92 Å². The van der Waals surface area contributed by atoms with E-state index in [1.54, 1.807) is 0 Å². The van der Waals surface area contributed by atoms with Gasteiger partial charge in [0.05, 0.1) is 0 Å². The van der Waals surface area contributed by atoms with E-state index in [2.05, 4.69) is 35.8 Å². The number of fused-ring (bicyclic) bond motifs is 4. The molecular formula is C17H13NO. The van der Waals surface area contributed by atoms with E-state index in [1.165, 1.54) is 5.39 Å². The fraction of sp³-hybridized carbons (Fsp3) is 0.0588. The van der Waals surface area contributed by atoms with Crippen LogP contribution in [-0.4, -0.2) is 4.98 Å². The van der Waals surface area contributed by atoms with Crippen LogP contribution in [0.2, 0.25) is 0 Å². The van der Waals surface area contributed by atoms with Gasteiger partial charge in [-0.1, -0.05) is 30.9 Å². The third-order valence-corrected chi connectivity index (χ3v) is 3.71. The summed E-state index contributed by atoms with van der Waals surface area (Å²) in [7, 11) is 0. The zero-order valence-electron chi connectivity index (χ0n) is 10.7. The summed E-state index contributed by atoms with van der Waals surface area (Å²) in [6, 6.07) is 12.4. The molecule has 0 bridgehead atoms. The Kier molecular flexibility index (Phi) is 1.93. The molecule has 1 N–H and O–H groups in total. The van der Waals surface area contributed by atoms with Crippen molar-refractivity contribution in [2.24, 2.45) is 0 Å². The Hall–Kier alpha value is -2.48. The van der Waals surface area contributed by atoms with Crippen molar-refractivity contribution in [3.63, 3.8) is 0 Å². The molecule has 2 aromatic heterocycles. The highest BCUT2D eigenvalue weighted by atomic mass is 16.3. The van der Waals surface area contributed by atoms with Gasteiger partial charge in [0.1, 0.15) is 11.2 Å². The zero-order chi connectivity index (χ0) is 13.0. The topological polar surface area (TPSA) is 28.9 Å². The van der Waals surface area contributed by atoms with Crippen molar-refractivity contribution in [1.82, 2.24) is 4.98 Å². The molecule has 0 saturated carbocycles. The Bertz CT molecular complexity index is 1030. The van der Waals surface area contributed by atoms with Crippen LogP contribution < -0.4 is 10.6 Å². The molecule has 0 spiro atoms. The number of furan rings is 1. The highest BCUT2D eigenvalue weighted by molar-refractivity contribution is 6.09. The minimum atomic E-state index is 0.927. The van der Waals surface area contributed by atoms with Gasteiger partial charge in [0.2, 0.25) is 0 Å². The van der Waals surface area contributed by atoms with Crippen LogP contribution >= 0.6 is 0 Å². The Balaban J connectivity index is 2.30. The number of aromatic nitrogens is 1. The maximum absolute atomic E-state index is 5.92. The van der Waals surface area contributed by atoms with E-state index in [0.717, 1.165) is 38.0 Å². The monoisotopic (exact) mass is 247 g/mol. The van der Waals surface area contributed by atoms with Gasteiger partial charge in [-0.25, -0.2) is 0 Å². The van der Waals surface area contributed by atoms with Gasteiger partial charge in [0, 0.05) is 32.2 Å². The second kappa shape index (κ2) is 3.51. The second-order valence-corrected chi connectivity index (χ2v) is 4.80. The molecule has 0 radical (unpaired) electrons. The number of hydrogen-bond acceptors (Lipinski definition) is 1. The molecule has 0 aliphatic heterocycles. The fourth-order valence-electron chi connectivity index (χ4n) is 2.82. The summed E-state index contributed by atoms with van der Waals surface area (Å²) in [4.78, 5) is 3.34. The molecule has 0 unspecified atom stereocenters. The smallest absolute Gasteiger partial charge is 0.136 e. The van der Waals surface area contributed by atoms with Crippen LogP contribution in [0.25, 0.3) is 45.5 Å². The number of hydrogen-bond donors (Lipinski definition) is 1. The summed E-state index contributed by atoms with van der Waals surface area (Å²) < 4.78 is 5.92. The van der Waals surface area contributed by atoms with Gasteiger partial charge >= 0.3 is 0 Å². The highest BCUT2D eigenvalue weighted by Crippen LogP contribution is 2.30. The summed E-state index contributed by atoms with van der Waals surface area (Å²) in [6.45, 7) is 6.08. The normalized spacial score (nSPS) is 13.0. The van der Waals surface area contributed by atoms with Gasteiger partial charge in [-0.05, 0) is 25.1 Å². The summed E-state index contributed by atoms with van der Waals surface area (Å²) in [5.41, 5.74) is 2.97. The van der Waals surface area contributed by atoms with Crippen molar-refractivity contribution in [2.45, 2.75) is 6.92 Å². The summed E-state index contributed by atoms with van der Waals surface area (Å²) in [6.07, 6.45) is 2.08. The molecule has 4 rings (SSSR count). The van der Waals surface area contributed by atoms with Crippen molar-refractivity contribution < 1.29 is 4.42 Å². The molecule has 2 heterocycles. The summed E-state index contributed by atoms with van der Waals surface area (Å²) in [5.74, 6) is 0. The van der Waals surface area contributed by atoms with Gasteiger partial charge in [-0.3, -0.25) is 0 Å². The van der Waals surface area contributed by atoms with Crippen LogP contribution in [0.5, 0.6) is 0 Å². The maximum atomic E-state index is 5.92. The van der Waals surface area contributed by atoms with Crippen LogP contribution in [0.15, 0.2) is 40.8 Å². The van der Waals surface area contributed by atoms with E-state index in [1.807, 2.05) is 25.1 Å². The van der Waals surface area contributed by atoms with E-state index >= 15 is 0 Å². The molecule has 2 heteroatoms. The van der Waals surface area contributed by atoms with Gasteiger partial charge in [-0.2, -0.15) is 0 Å². The van der Waals surface area contributed by atoms with Crippen molar-refractivity contribution in [3.05, 3.63) is 47.0 Å². The van der Waals surface area contributed by atoms with Gasteiger partial charge in [0.25, 0.3) is 0 Å². The Labute approximate surface area is 109 Å². The van der Waals surface area contributed by atoms with Crippen LogP contribution in [0.4, 0.5) is 0 Å². The Morgan fingerprint density at radius 1 is 1.05 bits per heavy atom. The number of benzene rings is 2. The molecule has 2 nitrogen and oxygen atoms in total. The molecule has 0 atom stereocenters. The average Bonchev–Trinajstić information content (AvgIpc) is 2.92. The van der Waals surface area contributed by atoms with E-state index in [9.17, 15) is 0 Å². The van der Waals surface area contributed by atoms with Gasteiger partial charge in [0.15, 0.2) is 0 Å². The van der Waals surface area contributed by atoms with E-state index < -0.39 is 0 Å². The first-order valence-electron chi connectivity index (χ1n) is 6.36. The third-order valence-electron chi connectivity index (χ3n) is 3.71. The van der Waals surface area contributed by atoms with Crippen molar-refractivity contribution in [3.8, 4) is 0 Å². The van der Waals surface area contributed by atoms with Crippen LogP contribution in [-0.2, 0) is 0 Å². The van der Waals surface area contributed by atoms with Crippen molar-refractivity contribution >= 4 is 45.5 Å². The average molecular weight is 247 g/mol. The standard InChI is InChI=1S/C17H13NO/c1-3-11-10(2)18-15-8-14-12-6-4-5-7-16(12)19-17(14)9-13(11)15/h3-9,18H,2H2,1H3/b11-3+. The minimum absolute atomic E-state index is 0.927. The number of H-pyrrole nitrogens is 1. The molecule has 19 heavy (non-hydrogen) atoms. The molecule has 4 aromatic rings. The first-order valence-corrected chi connectivity index (χ1v) is 6.36. The van der Waals surface area contributed by atoms with Crippen LogP contribution in [0, 0.1) is 0 Å². The Morgan fingerprint density at radius 3 is 2.74 bits per heavy atom. The molecule has 2 aromatic carbocycles. The lowest BCUT2D eigenvalue weighted by Crippen LogP contribution is -2.19. The van der Waals surface area contributed by atoms with Crippen molar-refractivity contribution in [2.75, 3.05) is 0 Å². The zero-order valence-corrected chi connectivity index (χ0v) is 10.7. The molecule has 0 saturated heterocycles. The number of para-hydroxylation sites is 1. The Morgan fingerprint density at radius 2 is 1.89 bits per heavy atom. The molecule has 0 fully saturated rings. The fourth-order valence-corrected chi connectivity index (χ4v) is 2.82. The minimum Gasteiger partial charge on any atom is -0.456 e. The lowest BCUT2D eigenvalue weighted by atomic mass is 10.1. The highest BCUT2D eigenvalue weighted by Gasteiger charge is 2.09. The molecular weight excluding hydrogens is 234 g/mol. The van der Waals surface area contributed by atoms with E-state index in [-0.39, 0.29) is 0 Å². The first kappa shape index (κ1) is 10.4.